The predicted octanol–water partition coefficient (Wildman–Crippen LogP) is 2.13. The van der Waals surface area contributed by atoms with Gasteiger partial charge in [0.25, 0.3) is 0 Å². The standard InChI is InChI=1S/C12H15BrN4/c1-12(5-2-6-14-8-12)11-16-15-10-4-3-9(13)7-17(10)11/h3-4,7,14H,2,5-6,8H2,1H3. The number of fused-ring (bicyclic) bond motifs is 1. The van der Waals surface area contributed by atoms with Crippen LogP contribution in [0.25, 0.3) is 5.65 Å². The molecule has 1 aliphatic rings. The Morgan fingerprint density at radius 2 is 2.29 bits per heavy atom. The van der Waals surface area contributed by atoms with Gasteiger partial charge in [0.1, 0.15) is 5.82 Å². The lowest BCUT2D eigenvalue weighted by molar-refractivity contribution is 0.321. The van der Waals surface area contributed by atoms with Crippen molar-refractivity contribution in [1.29, 1.82) is 0 Å². The smallest absolute Gasteiger partial charge is 0.160 e. The normalized spacial score (nSPS) is 25.3. The van der Waals surface area contributed by atoms with Gasteiger partial charge in [-0.25, -0.2) is 0 Å². The molecule has 0 aliphatic carbocycles. The number of aromatic nitrogens is 3. The fourth-order valence-corrected chi connectivity index (χ4v) is 2.86. The van der Waals surface area contributed by atoms with E-state index in [-0.39, 0.29) is 5.41 Å². The predicted molar refractivity (Wildman–Crippen MR) is 70.1 cm³/mol. The Kier molecular flexibility index (Phi) is 2.67. The molecule has 0 amide bonds. The molecule has 0 saturated carbocycles. The summed E-state index contributed by atoms with van der Waals surface area (Å²) in [6, 6.07) is 3.98. The van der Waals surface area contributed by atoms with Gasteiger partial charge >= 0.3 is 0 Å². The van der Waals surface area contributed by atoms with Crippen LogP contribution in [0, 0.1) is 0 Å². The molecule has 4 nitrogen and oxygen atoms in total. The van der Waals surface area contributed by atoms with Crippen LogP contribution in [0.3, 0.4) is 0 Å². The van der Waals surface area contributed by atoms with E-state index in [4.69, 9.17) is 0 Å². The highest BCUT2D eigenvalue weighted by molar-refractivity contribution is 9.10. The van der Waals surface area contributed by atoms with E-state index >= 15 is 0 Å². The van der Waals surface area contributed by atoms with Gasteiger partial charge in [-0.2, -0.15) is 0 Å². The topological polar surface area (TPSA) is 42.2 Å². The molecule has 0 radical (unpaired) electrons. The van der Waals surface area contributed by atoms with Crippen LogP contribution in [0.15, 0.2) is 22.8 Å². The van der Waals surface area contributed by atoms with E-state index in [1.165, 1.54) is 6.42 Å². The molecule has 0 aromatic carbocycles. The van der Waals surface area contributed by atoms with Crippen LogP contribution in [-0.2, 0) is 5.41 Å². The average molecular weight is 295 g/mol. The van der Waals surface area contributed by atoms with Gasteiger partial charge in [-0.3, -0.25) is 4.40 Å². The summed E-state index contributed by atoms with van der Waals surface area (Å²) < 4.78 is 3.15. The van der Waals surface area contributed by atoms with E-state index in [0.29, 0.717) is 0 Å². The number of nitrogens with one attached hydrogen (secondary N) is 1. The van der Waals surface area contributed by atoms with Crippen LogP contribution in [0.2, 0.25) is 0 Å². The Balaban J connectivity index is 2.13. The molecule has 0 spiro atoms. The minimum Gasteiger partial charge on any atom is -0.316 e. The Bertz CT molecular complexity index is 542. The molecule has 1 unspecified atom stereocenters. The van der Waals surface area contributed by atoms with Crippen molar-refractivity contribution in [2.45, 2.75) is 25.2 Å². The number of rotatable bonds is 1. The van der Waals surface area contributed by atoms with Crippen molar-refractivity contribution in [3.8, 4) is 0 Å². The third-order valence-electron chi connectivity index (χ3n) is 3.50. The van der Waals surface area contributed by atoms with E-state index in [1.54, 1.807) is 0 Å². The van der Waals surface area contributed by atoms with Crippen LogP contribution < -0.4 is 5.32 Å². The molecule has 1 N–H and O–H groups in total. The number of hydrogen-bond donors (Lipinski definition) is 1. The monoisotopic (exact) mass is 294 g/mol. The number of hydrogen-bond acceptors (Lipinski definition) is 3. The van der Waals surface area contributed by atoms with Crippen molar-refractivity contribution in [3.05, 3.63) is 28.6 Å². The molecular weight excluding hydrogens is 280 g/mol. The van der Waals surface area contributed by atoms with Crippen LogP contribution in [0.4, 0.5) is 0 Å². The first kappa shape index (κ1) is 11.2. The summed E-state index contributed by atoms with van der Waals surface area (Å²) in [6.45, 7) is 4.34. The lowest BCUT2D eigenvalue weighted by Crippen LogP contribution is -2.42. The zero-order valence-electron chi connectivity index (χ0n) is 9.78. The Morgan fingerprint density at radius 3 is 3.06 bits per heavy atom. The summed E-state index contributed by atoms with van der Waals surface area (Å²) in [4.78, 5) is 0. The fourth-order valence-electron chi connectivity index (χ4n) is 2.52. The van der Waals surface area contributed by atoms with E-state index in [9.17, 15) is 0 Å². The molecule has 1 fully saturated rings. The van der Waals surface area contributed by atoms with E-state index < -0.39 is 0 Å². The lowest BCUT2D eigenvalue weighted by atomic mass is 9.82. The van der Waals surface area contributed by atoms with E-state index in [1.807, 2.05) is 18.3 Å². The van der Waals surface area contributed by atoms with Gasteiger partial charge in [-0.1, -0.05) is 6.92 Å². The Labute approximate surface area is 109 Å². The molecule has 2 aromatic rings. The van der Waals surface area contributed by atoms with Crippen LogP contribution in [-0.4, -0.2) is 27.7 Å². The minimum absolute atomic E-state index is 0.0818. The molecule has 0 bridgehead atoms. The lowest BCUT2D eigenvalue weighted by Gasteiger charge is -2.32. The molecule has 1 saturated heterocycles. The highest BCUT2D eigenvalue weighted by Crippen LogP contribution is 2.29. The van der Waals surface area contributed by atoms with Gasteiger partial charge in [0.2, 0.25) is 0 Å². The van der Waals surface area contributed by atoms with E-state index in [0.717, 1.165) is 35.5 Å². The highest BCUT2D eigenvalue weighted by Gasteiger charge is 2.33. The summed E-state index contributed by atoms with van der Waals surface area (Å²) in [7, 11) is 0. The molecular formula is C12H15BrN4. The third kappa shape index (κ3) is 1.87. The number of nitrogens with zero attached hydrogens (tertiary/aromatic N) is 3. The molecule has 1 aliphatic heterocycles. The molecule has 17 heavy (non-hydrogen) atoms. The Hall–Kier alpha value is -0.940. The molecule has 1 atom stereocenters. The summed E-state index contributed by atoms with van der Waals surface area (Å²) in [5.41, 5.74) is 0.994. The molecule has 90 valence electrons. The summed E-state index contributed by atoms with van der Waals surface area (Å²) >= 11 is 3.50. The van der Waals surface area contributed by atoms with Crippen molar-refractivity contribution < 1.29 is 0 Å². The number of halogens is 1. The second-order valence-corrected chi connectivity index (χ2v) is 5.86. The van der Waals surface area contributed by atoms with Gasteiger partial charge in [-0.15, -0.1) is 10.2 Å². The molecule has 5 heteroatoms. The second-order valence-electron chi connectivity index (χ2n) is 4.94. The van der Waals surface area contributed by atoms with Gasteiger partial charge < -0.3 is 5.32 Å². The summed E-state index contributed by atoms with van der Waals surface area (Å²) in [5, 5.41) is 12.1. The van der Waals surface area contributed by atoms with Crippen molar-refractivity contribution in [1.82, 2.24) is 19.9 Å². The van der Waals surface area contributed by atoms with Crippen molar-refractivity contribution in [3.63, 3.8) is 0 Å². The van der Waals surface area contributed by atoms with Crippen LogP contribution in [0.1, 0.15) is 25.6 Å². The first-order valence-corrected chi connectivity index (χ1v) is 6.70. The summed E-state index contributed by atoms with van der Waals surface area (Å²) in [5.74, 6) is 1.06. The van der Waals surface area contributed by atoms with Gasteiger partial charge in [0.15, 0.2) is 5.65 Å². The average Bonchev–Trinajstić information content (AvgIpc) is 2.73. The van der Waals surface area contributed by atoms with Gasteiger partial charge in [0, 0.05) is 22.6 Å². The zero-order valence-corrected chi connectivity index (χ0v) is 11.4. The first-order valence-electron chi connectivity index (χ1n) is 5.91. The van der Waals surface area contributed by atoms with Crippen molar-refractivity contribution in [2.75, 3.05) is 13.1 Å². The van der Waals surface area contributed by atoms with Crippen molar-refractivity contribution in [2.24, 2.45) is 0 Å². The van der Waals surface area contributed by atoms with Crippen molar-refractivity contribution >= 4 is 21.6 Å². The molecule has 3 heterocycles. The molecule has 2 aromatic heterocycles. The van der Waals surface area contributed by atoms with Gasteiger partial charge in [0.05, 0.1) is 0 Å². The zero-order chi connectivity index (χ0) is 11.9. The van der Waals surface area contributed by atoms with Crippen LogP contribution >= 0.6 is 15.9 Å². The SMILES string of the molecule is CC1(c2nnc3ccc(Br)cn23)CCCNC1. The fraction of sp³-hybridized carbons (Fsp3) is 0.500. The first-order chi connectivity index (χ1) is 8.19. The van der Waals surface area contributed by atoms with Gasteiger partial charge in [-0.05, 0) is 47.4 Å². The van der Waals surface area contributed by atoms with Crippen LogP contribution in [0.5, 0.6) is 0 Å². The van der Waals surface area contributed by atoms with E-state index in [2.05, 4.69) is 42.8 Å². The minimum atomic E-state index is 0.0818. The summed E-state index contributed by atoms with van der Waals surface area (Å²) in [6.07, 6.45) is 4.40. The third-order valence-corrected chi connectivity index (χ3v) is 3.97. The maximum atomic E-state index is 4.38. The quantitative estimate of drug-likeness (QED) is 0.876. The molecule has 3 rings (SSSR count). The maximum Gasteiger partial charge on any atom is 0.160 e. The highest BCUT2D eigenvalue weighted by atomic mass is 79.9. The largest absolute Gasteiger partial charge is 0.316 e. The Morgan fingerprint density at radius 1 is 1.41 bits per heavy atom. The number of piperidine rings is 1. The second kappa shape index (κ2) is 4.07. The number of pyridine rings is 1. The maximum absolute atomic E-state index is 4.38.